The number of para-hydroxylation sites is 1. The maximum atomic E-state index is 4.79. The third-order valence-corrected chi connectivity index (χ3v) is 4.63. The zero-order chi connectivity index (χ0) is 15.9. The van der Waals surface area contributed by atoms with Crippen LogP contribution in [0.1, 0.15) is 30.3 Å². The van der Waals surface area contributed by atoms with Gasteiger partial charge in [0.25, 0.3) is 0 Å². The van der Waals surface area contributed by atoms with Gasteiger partial charge in [-0.05, 0) is 25.0 Å². The molecule has 0 unspecified atom stereocenters. The first kappa shape index (κ1) is 13.5. The molecule has 3 heterocycles. The van der Waals surface area contributed by atoms with E-state index in [0.29, 0.717) is 5.92 Å². The number of aromatic amines is 1. The molecule has 0 amide bonds. The van der Waals surface area contributed by atoms with Crippen LogP contribution < -0.4 is 4.90 Å². The molecule has 3 aromatic rings. The Morgan fingerprint density at radius 1 is 1.12 bits per heavy atom. The lowest BCUT2D eigenvalue weighted by Crippen LogP contribution is -2.39. The lowest BCUT2D eigenvalue weighted by atomic mass is 10.2. The summed E-state index contributed by atoms with van der Waals surface area (Å²) >= 11 is 0. The van der Waals surface area contributed by atoms with Crippen LogP contribution in [0.25, 0.3) is 0 Å². The molecule has 6 heteroatoms. The van der Waals surface area contributed by atoms with Crippen molar-refractivity contribution in [2.45, 2.75) is 25.3 Å². The van der Waals surface area contributed by atoms with Gasteiger partial charge in [-0.25, -0.2) is 9.98 Å². The van der Waals surface area contributed by atoms with Crippen LogP contribution in [0.4, 0.5) is 11.5 Å². The first-order chi connectivity index (χ1) is 11.9. The molecule has 120 valence electrons. The summed E-state index contributed by atoms with van der Waals surface area (Å²) in [4.78, 5) is 11.6. The summed E-state index contributed by atoms with van der Waals surface area (Å²) in [6.07, 6.45) is 6.32. The molecule has 2 aliphatic rings. The SMILES string of the molecule is c1ccc(N2CC(=Nc3cc(C4CC4)[nH]n3)n3ccnc3C2)cc1. The maximum Gasteiger partial charge on any atom is 0.175 e. The Labute approximate surface area is 139 Å². The molecule has 0 saturated heterocycles. The first-order valence-electron chi connectivity index (χ1n) is 8.32. The minimum absolute atomic E-state index is 0.655. The topological polar surface area (TPSA) is 62.1 Å². The number of nitrogens with one attached hydrogen (secondary N) is 1. The minimum atomic E-state index is 0.655. The number of aromatic nitrogens is 4. The molecular weight excluding hydrogens is 300 g/mol. The fourth-order valence-corrected chi connectivity index (χ4v) is 3.19. The molecule has 0 radical (unpaired) electrons. The molecule has 1 aromatic carbocycles. The molecule has 6 nitrogen and oxygen atoms in total. The molecule has 1 aliphatic carbocycles. The van der Waals surface area contributed by atoms with Crippen molar-refractivity contribution >= 4 is 17.3 Å². The molecule has 0 bridgehead atoms. The fraction of sp³-hybridized carbons (Fsp3) is 0.278. The van der Waals surface area contributed by atoms with Gasteiger partial charge in [0.2, 0.25) is 0 Å². The van der Waals surface area contributed by atoms with Crippen molar-refractivity contribution in [3.05, 3.63) is 60.3 Å². The number of hydrogen-bond donors (Lipinski definition) is 1. The molecule has 1 aliphatic heterocycles. The average Bonchev–Trinajstić information content (AvgIpc) is 3.17. The van der Waals surface area contributed by atoms with Gasteiger partial charge in [0.1, 0.15) is 11.7 Å². The summed E-state index contributed by atoms with van der Waals surface area (Å²) in [7, 11) is 0. The molecule has 1 N–H and O–H groups in total. The second-order valence-electron chi connectivity index (χ2n) is 6.39. The van der Waals surface area contributed by atoms with E-state index in [1.54, 1.807) is 0 Å². The average molecular weight is 318 g/mol. The smallest absolute Gasteiger partial charge is 0.175 e. The van der Waals surface area contributed by atoms with Crippen LogP contribution in [-0.4, -0.2) is 32.1 Å². The molecule has 2 aromatic heterocycles. The van der Waals surface area contributed by atoms with E-state index in [-0.39, 0.29) is 0 Å². The Kier molecular flexibility index (Phi) is 3.01. The van der Waals surface area contributed by atoms with E-state index in [1.165, 1.54) is 24.2 Å². The highest BCUT2D eigenvalue weighted by atomic mass is 15.3. The van der Waals surface area contributed by atoms with E-state index in [2.05, 4.69) is 55.0 Å². The lowest BCUT2D eigenvalue weighted by molar-refractivity contribution is 0.753. The summed E-state index contributed by atoms with van der Waals surface area (Å²) in [5, 5.41) is 7.48. The van der Waals surface area contributed by atoms with E-state index in [0.717, 1.165) is 30.6 Å². The van der Waals surface area contributed by atoms with Crippen LogP contribution >= 0.6 is 0 Å². The second kappa shape index (κ2) is 5.33. The van der Waals surface area contributed by atoms with Gasteiger partial charge in [-0.3, -0.25) is 9.67 Å². The fourth-order valence-electron chi connectivity index (χ4n) is 3.19. The number of imidazole rings is 1. The normalized spacial score (nSPS) is 18.8. The van der Waals surface area contributed by atoms with Crippen molar-refractivity contribution in [2.24, 2.45) is 4.99 Å². The second-order valence-corrected chi connectivity index (χ2v) is 6.39. The highest BCUT2D eigenvalue weighted by Crippen LogP contribution is 2.39. The zero-order valence-electron chi connectivity index (χ0n) is 13.3. The van der Waals surface area contributed by atoms with E-state index < -0.39 is 0 Å². The van der Waals surface area contributed by atoms with Gasteiger partial charge in [0.15, 0.2) is 5.82 Å². The lowest BCUT2D eigenvalue weighted by Gasteiger charge is -2.30. The van der Waals surface area contributed by atoms with E-state index >= 15 is 0 Å². The highest BCUT2D eigenvalue weighted by molar-refractivity contribution is 5.92. The molecule has 1 saturated carbocycles. The number of hydrogen-bond acceptors (Lipinski definition) is 4. The summed E-state index contributed by atoms with van der Waals surface area (Å²) in [6.45, 7) is 1.52. The number of fused-ring (bicyclic) bond motifs is 1. The maximum absolute atomic E-state index is 4.79. The van der Waals surface area contributed by atoms with Crippen molar-refractivity contribution in [2.75, 3.05) is 11.4 Å². The molecule has 5 rings (SSSR count). The minimum Gasteiger partial charge on any atom is -0.357 e. The molecule has 1 fully saturated rings. The van der Waals surface area contributed by atoms with Gasteiger partial charge in [0.05, 0.1) is 13.1 Å². The number of rotatable bonds is 3. The molecular formula is C18H18N6. The van der Waals surface area contributed by atoms with Crippen LogP contribution in [0.15, 0.2) is 53.8 Å². The van der Waals surface area contributed by atoms with Gasteiger partial charge >= 0.3 is 0 Å². The van der Waals surface area contributed by atoms with Gasteiger partial charge in [-0.2, -0.15) is 5.10 Å². The number of H-pyrrole nitrogens is 1. The predicted molar refractivity (Wildman–Crippen MR) is 92.8 cm³/mol. The third kappa shape index (κ3) is 2.40. The zero-order valence-corrected chi connectivity index (χ0v) is 13.3. The Balaban J connectivity index is 1.50. The van der Waals surface area contributed by atoms with E-state index in [9.17, 15) is 0 Å². The van der Waals surface area contributed by atoms with Crippen molar-refractivity contribution in [3.8, 4) is 0 Å². The number of anilines is 1. The largest absolute Gasteiger partial charge is 0.357 e. The monoisotopic (exact) mass is 318 g/mol. The molecule has 24 heavy (non-hydrogen) atoms. The van der Waals surface area contributed by atoms with Gasteiger partial charge in [-0.1, -0.05) is 18.2 Å². The van der Waals surface area contributed by atoms with Gasteiger partial charge in [-0.15, -0.1) is 0 Å². The first-order valence-corrected chi connectivity index (χ1v) is 8.32. The van der Waals surface area contributed by atoms with E-state index in [1.807, 2.05) is 18.5 Å². The van der Waals surface area contributed by atoms with Gasteiger partial charge < -0.3 is 4.90 Å². The number of benzene rings is 1. The third-order valence-electron chi connectivity index (χ3n) is 4.63. The van der Waals surface area contributed by atoms with E-state index in [4.69, 9.17) is 4.99 Å². The Bertz CT molecular complexity index is 887. The quantitative estimate of drug-likeness (QED) is 0.807. The Morgan fingerprint density at radius 3 is 2.83 bits per heavy atom. The van der Waals surface area contributed by atoms with Crippen molar-refractivity contribution in [3.63, 3.8) is 0 Å². The number of aliphatic imine (C=N–C) groups is 1. The summed E-state index contributed by atoms with van der Waals surface area (Å²) < 4.78 is 2.07. The van der Waals surface area contributed by atoms with Crippen LogP contribution in [-0.2, 0) is 6.54 Å². The molecule has 0 atom stereocenters. The summed E-state index contributed by atoms with van der Waals surface area (Å²) in [5.41, 5.74) is 2.39. The highest BCUT2D eigenvalue weighted by Gasteiger charge is 2.26. The van der Waals surface area contributed by atoms with Crippen molar-refractivity contribution in [1.82, 2.24) is 19.7 Å². The summed E-state index contributed by atoms with van der Waals surface area (Å²) in [5.74, 6) is 3.36. The van der Waals surface area contributed by atoms with Crippen LogP contribution in [0, 0.1) is 0 Å². The Morgan fingerprint density at radius 2 is 2.00 bits per heavy atom. The van der Waals surface area contributed by atoms with Crippen molar-refractivity contribution < 1.29 is 0 Å². The van der Waals surface area contributed by atoms with Crippen LogP contribution in [0.2, 0.25) is 0 Å². The van der Waals surface area contributed by atoms with Gasteiger partial charge in [0, 0.05) is 35.8 Å². The van der Waals surface area contributed by atoms with Crippen LogP contribution in [0.5, 0.6) is 0 Å². The molecule has 0 spiro atoms. The standard InChI is InChI=1S/C18H18N6/c1-2-4-14(5-3-1)23-11-17-19-8-9-24(17)18(12-23)20-16-10-15(21-22-16)13-6-7-13/h1-5,8-10,13H,6-7,11-12H2,(H,21,22). The summed E-state index contributed by atoms with van der Waals surface area (Å²) in [6, 6.07) is 12.5. The van der Waals surface area contributed by atoms with Crippen LogP contribution in [0.3, 0.4) is 0 Å². The predicted octanol–water partition coefficient (Wildman–Crippen LogP) is 3.08. The van der Waals surface area contributed by atoms with Crippen molar-refractivity contribution in [1.29, 1.82) is 0 Å². The Hall–Kier alpha value is -2.89. The number of nitrogens with zero attached hydrogens (tertiary/aromatic N) is 5.